The number of alkyl halides is 3. The van der Waals surface area contributed by atoms with Gasteiger partial charge in [-0.25, -0.2) is 19.6 Å². The van der Waals surface area contributed by atoms with Gasteiger partial charge in [-0.15, -0.1) is 0 Å². The standard InChI is InChI=1S/C14H11F3N6O/c1-24-13-11(9(7-2-3-7)19-6-21-13)23-10-8(4-22-23)18-5-20-12(10)14(15,16)17/h4-7H,2-3H2,1H3. The molecule has 4 rings (SSSR count). The minimum absolute atomic E-state index is 0.0879. The number of halogens is 3. The van der Waals surface area contributed by atoms with Crippen molar-refractivity contribution in [3.63, 3.8) is 0 Å². The Bertz CT molecular complexity index is 919. The van der Waals surface area contributed by atoms with E-state index < -0.39 is 11.9 Å². The lowest BCUT2D eigenvalue weighted by atomic mass is 10.2. The molecule has 1 fully saturated rings. The molecule has 3 aromatic heterocycles. The van der Waals surface area contributed by atoms with Gasteiger partial charge >= 0.3 is 6.18 Å². The Morgan fingerprint density at radius 3 is 2.54 bits per heavy atom. The highest BCUT2D eigenvalue weighted by Crippen LogP contribution is 2.44. The van der Waals surface area contributed by atoms with Crippen LogP contribution in [0.5, 0.6) is 5.88 Å². The molecule has 0 N–H and O–H groups in total. The SMILES string of the molecule is COc1ncnc(C2CC2)c1-n1ncc2ncnc(C(F)(F)F)c21. The molecule has 0 atom stereocenters. The first-order valence-corrected chi connectivity index (χ1v) is 7.16. The second kappa shape index (κ2) is 5.11. The summed E-state index contributed by atoms with van der Waals surface area (Å²) in [6, 6.07) is 0. The van der Waals surface area contributed by atoms with Gasteiger partial charge in [-0.2, -0.15) is 23.3 Å². The molecule has 0 radical (unpaired) electrons. The quantitative estimate of drug-likeness (QED) is 0.731. The zero-order valence-electron chi connectivity index (χ0n) is 12.4. The van der Waals surface area contributed by atoms with E-state index in [9.17, 15) is 13.2 Å². The zero-order chi connectivity index (χ0) is 16.9. The van der Waals surface area contributed by atoms with Crippen molar-refractivity contribution in [1.29, 1.82) is 0 Å². The van der Waals surface area contributed by atoms with Gasteiger partial charge in [0.15, 0.2) is 5.69 Å². The first-order valence-electron chi connectivity index (χ1n) is 7.16. The fourth-order valence-corrected chi connectivity index (χ4v) is 2.62. The van der Waals surface area contributed by atoms with Crippen molar-refractivity contribution in [2.24, 2.45) is 0 Å². The summed E-state index contributed by atoms with van der Waals surface area (Å²) in [7, 11) is 1.40. The molecule has 124 valence electrons. The number of nitrogens with zero attached hydrogens (tertiary/aromatic N) is 6. The summed E-state index contributed by atoms with van der Waals surface area (Å²) in [6.07, 6.45) is 0.654. The fraction of sp³-hybridized carbons (Fsp3) is 0.357. The van der Waals surface area contributed by atoms with Crippen LogP contribution in [-0.4, -0.2) is 36.8 Å². The van der Waals surface area contributed by atoms with E-state index in [1.54, 1.807) is 0 Å². The Hall–Kier alpha value is -2.78. The first-order chi connectivity index (χ1) is 11.5. The van der Waals surface area contributed by atoms with Gasteiger partial charge in [0.1, 0.15) is 29.4 Å². The average Bonchev–Trinajstić information content (AvgIpc) is 3.32. The van der Waals surface area contributed by atoms with Gasteiger partial charge in [-0.05, 0) is 12.8 Å². The molecule has 0 unspecified atom stereocenters. The zero-order valence-corrected chi connectivity index (χ0v) is 12.4. The van der Waals surface area contributed by atoms with Gasteiger partial charge in [-0.3, -0.25) is 0 Å². The van der Waals surface area contributed by atoms with E-state index in [1.807, 2.05) is 0 Å². The lowest BCUT2D eigenvalue weighted by Gasteiger charge is -2.14. The number of fused-ring (bicyclic) bond motifs is 1. The highest BCUT2D eigenvalue weighted by atomic mass is 19.4. The van der Waals surface area contributed by atoms with Crippen LogP contribution in [0, 0.1) is 0 Å². The van der Waals surface area contributed by atoms with Gasteiger partial charge in [0, 0.05) is 5.92 Å². The molecule has 3 aromatic rings. The summed E-state index contributed by atoms with van der Waals surface area (Å²) in [4.78, 5) is 15.5. The summed E-state index contributed by atoms with van der Waals surface area (Å²) in [5, 5.41) is 4.07. The maximum atomic E-state index is 13.4. The average molecular weight is 336 g/mol. The van der Waals surface area contributed by atoms with E-state index in [0.29, 0.717) is 11.4 Å². The summed E-state index contributed by atoms with van der Waals surface area (Å²) in [5.41, 5.74) is -0.288. The summed E-state index contributed by atoms with van der Waals surface area (Å²) in [5.74, 6) is 0.323. The fourth-order valence-electron chi connectivity index (χ4n) is 2.62. The summed E-state index contributed by atoms with van der Waals surface area (Å²) in [6.45, 7) is 0. The van der Waals surface area contributed by atoms with Crippen molar-refractivity contribution in [1.82, 2.24) is 29.7 Å². The molecule has 0 saturated heterocycles. The van der Waals surface area contributed by atoms with Gasteiger partial charge in [-0.1, -0.05) is 0 Å². The molecule has 1 aliphatic carbocycles. The molecular weight excluding hydrogens is 325 g/mol. The van der Waals surface area contributed by atoms with Crippen LogP contribution in [0.1, 0.15) is 30.1 Å². The highest BCUT2D eigenvalue weighted by Gasteiger charge is 2.38. The van der Waals surface area contributed by atoms with Crippen LogP contribution in [0.3, 0.4) is 0 Å². The van der Waals surface area contributed by atoms with E-state index in [0.717, 1.165) is 23.9 Å². The molecule has 3 heterocycles. The van der Waals surface area contributed by atoms with E-state index in [-0.39, 0.29) is 22.8 Å². The second-order valence-corrected chi connectivity index (χ2v) is 5.40. The first kappa shape index (κ1) is 14.8. The third kappa shape index (κ3) is 2.25. The highest BCUT2D eigenvalue weighted by molar-refractivity contribution is 5.79. The maximum Gasteiger partial charge on any atom is 0.435 e. The normalized spacial score (nSPS) is 15.0. The van der Waals surface area contributed by atoms with Crippen LogP contribution in [0.15, 0.2) is 18.9 Å². The lowest BCUT2D eigenvalue weighted by molar-refractivity contribution is -0.140. The van der Waals surface area contributed by atoms with Crippen LogP contribution >= 0.6 is 0 Å². The molecule has 1 aliphatic rings. The van der Waals surface area contributed by atoms with Crippen LogP contribution in [0.4, 0.5) is 13.2 Å². The van der Waals surface area contributed by atoms with Crippen molar-refractivity contribution >= 4 is 11.0 Å². The number of hydrogen-bond donors (Lipinski definition) is 0. The molecule has 0 aliphatic heterocycles. The third-order valence-corrected chi connectivity index (χ3v) is 3.81. The van der Waals surface area contributed by atoms with Crippen molar-refractivity contribution in [2.45, 2.75) is 24.9 Å². The molecule has 10 heteroatoms. The molecular formula is C14H11F3N6O. The van der Waals surface area contributed by atoms with E-state index in [2.05, 4.69) is 25.0 Å². The predicted molar refractivity (Wildman–Crippen MR) is 75.8 cm³/mol. The van der Waals surface area contributed by atoms with Crippen molar-refractivity contribution in [3.8, 4) is 11.6 Å². The number of ether oxygens (including phenoxy) is 1. The predicted octanol–water partition coefficient (Wildman–Crippen LogP) is 2.51. The van der Waals surface area contributed by atoms with E-state index in [4.69, 9.17) is 4.74 Å². The molecule has 0 amide bonds. The number of aromatic nitrogens is 6. The Balaban J connectivity index is 2.05. The smallest absolute Gasteiger partial charge is 0.435 e. The number of methoxy groups -OCH3 is 1. The molecule has 1 saturated carbocycles. The lowest BCUT2D eigenvalue weighted by Crippen LogP contribution is -2.13. The van der Waals surface area contributed by atoms with Crippen LogP contribution in [-0.2, 0) is 6.18 Å². The minimum atomic E-state index is -4.64. The molecule has 7 nitrogen and oxygen atoms in total. The van der Waals surface area contributed by atoms with Gasteiger partial charge < -0.3 is 4.74 Å². The molecule has 0 bridgehead atoms. The molecule has 0 spiro atoms. The Kier molecular flexibility index (Phi) is 3.15. The van der Waals surface area contributed by atoms with Crippen molar-refractivity contribution in [3.05, 3.63) is 30.2 Å². The maximum absolute atomic E-state index is 13.4. The second-order valence-electron chi connectivity index (χ2n) is 5.40. The Labute approximate surface area is 133 Å². The largest absolute Gasteiger partial charge is 0.479 e. The van der Waals surface area contributed by atoms with E-state index >= 15 is 0 Å². The minimum Gasteiger partial charge on any atom is -0.479 e. The molecule has 24 heavy (non-hydrogen) atoms. The van der Waals surface area contributed by atoms with Gasteiger partial charge in [0.2, 0.25) is 5.88 Å². The summed E-state index contributed by atoms with van der Waals surface area (Å²) < 4.78 is 46.4. The van der Waals surface area contributed by atoms with Crippen LogP contribution in [0.2, 0.25) is 0 Å². The van der Waals surface area contributed by atoms with Crippen molar-refractivity contribution in [2.75, 3.05) is 7.11 Å². The van der Waals surface area contributed by atoms with E-state index in [1.165, 1.54) is 19.6 Å². The van der Waals surface area contributed by atoms with Gasteiger partial charge in [0.05, 0.1) is 19.0 Å². The van der Waals surface area contributed by atoms with Gasteiger partial charge in [0.25, 0.3) is 0 Å². The Morgan fingerprint density at radius 1 is 1.12 bits per heavy atom. The van der Waals surface area contributed by atoms with Crippen LogP contribution in [0.25, 0.3) is 16.7 Å². The molecule has 0 aromatic carbocycles. The Morgan fingerprint density at radius 2 is 1.88 bits per heavy atom. The summed E-state index contributed by atoms with van der Waals surface area (Å²) >= 11 is 0. The van der Waals surface area contributed by atoms with Crippen molar-refractivity contribution < 1.29 is 17.9 Å². The number of rotatable bonds is 3. The number of hydrogen-bond acceptors (Lipinski definition) is 6. The monoisotopic (exact) mass is 336 g/mol. The topological polar surface area (TPSA) is 78.6 Å². The third-order valence-electron chi connectivity index (χ3n) is 3.81. The van der Waals surface area contributed by atoms with Crippen LogP contribution < -0.4 is 4.74 Å².